The van der Waals surface area contributed by atoms with E-state index in [-0.39, 0.29) is 17.7 Å². The maximum absolute atomic E-state index is 16.0. The summed E-state index contributed by atoms with van der Waals surface area (Å²) in [6.45, 7) is 5.34. The van der Waals surface area contributed by atoms with E-state index in [0.29, 0.717) is 46.9 Å². The summed E-state index contributed by atoms with van der Waals surface area (Å²) in [7, 11) is 0. The Morgan fingerprint density at radius 2 is 1.60 bits per heavy atom. The Morgan fingerprint density at radius 3 is 2.28 bits per heavy atom. The van der Waals surface area contributed by atoms with E-state index in [0.717, 1.165) is 62.9 Å². The van der Waals surface area contributed by atoms with Crippen molar-refractivity contribution in [3.8, 4) is 17.0 Å². The van der Waals surface area contributed by atoms with Gasteiger partial charge in [-0.2, -0.15) is 5.10 Å². The van der Waals surface area contributed by atoms with Crippen LogP contribution in [-0.4, -0.2) is 45.3 Å². The third kappa shape index (κ3) is 7.45. The van der Waals surface area contributed by atoms with E-state index >= 15 is 4.39 Å². The van der Waals surface area contributed by atoms with Gasteiger partial charge < -0.3 is 14.8 Å². The van der Waals surface area contributed by atoms with Gasteiger partial charge in [-0.15, -0.1) is 0 Å². The number of halogens is 1. The van der Waals surface area contributed by atoms with Crippen LogP contribution in [0.1, 0.15) is 71.1 Å². The van der Waals surface area contributed by atoms with Crippen molar-refractivity contribution >= 4 is 16.9 Å². The second-order valence-corrected chi connectivity index (χ2v) is 14.2. The SMILES string of the molecule is Cc1nn(C2CCCCO2)c2nc(-c3ccc(OCc4ccccc4)cc3F)cc(C(=O)NC3(c4ccccc4)CCN(Cc4ccccc4)CC3)c12. The Labute approximate surface area is 309 Å². The number of nitrogens with one attached hydrogen (secondary N) is 1. The molecule has 1 amide bonds. The molecule has 8 rings (SSSR count). The first-order chi connectivity index (χ1) is 26.0. The Kier molecular flexibility index (Phi) is 10.0. The number of rotatable bonds is 10. The molecule has 2 aliphatic heterocycles. The summed E-state index contributed by atoms with van der Waals surface area (Å²) in [5.41, 5.74) is 4.95. The number of ether oxygens (including phenoxy) is 2. The summed E-state index contributed by atoms with van der Waals surface area (Å²) in [5.74, 6) is -0.319. The zero-order valence-electron chi connectivity index (χ0n) is 30.0. The summed E-state index contributed by atoms with van der Waals surface area (Å²) in [5, 5.41) is 9.05. The fourth-order valence-corrected chi connectivity index (χ4v) is 7.74. The number of aryl methyl sites for hydroxylation is 1. The van der Waals surface area contributed by atoms with Crippen LogP contribution in [0, 0.1) is 12.7 Å². The zero-order chi connectivity index (χ0) is 36.2. The molecule has 8 nitrogen and oxygen atoms in total. The molecular weight excluding hydrogens is 666 g/mol. The molecule has 2 fully saturated rings. The van der Waals surface area contributed by atoms with Gasteiger partial charge in [-0.05, 0) is 73.9 Å². The van der Waals surface area contributed by atoms with Crippen LogP contribution in [0.2, 0.25) is 0 Å². The molecule has 53 heavy (non-hydrogen) atoms. The van der Waals surface area contributed by atoms with Crippen LogP contribution in [-0.2, 0) is 23.4 Å². The van der Waals surface area contributed by atoms with Crippen LogP contribution >= 0.6 is 0 Å². The van der Waals surface area contributed by atoms with Crippen molar-refractivity contribution in [2.45, 2.75) is 63.9 Å². The molecule has 9 heteroatoms. The van der Waals surface area contributed by atoms with Gasteiger partial charge in [-0.1, -0.05) is 91.0 Å². The third-order valence-corrected chi connectivity index (χ3v) is 10.6. The Bertz CT molecular complexity index is 2180. The van der Waals surface area contributed by atoms with E-state index in [2.05, 4.69) is 46.6 Å². The predicted octanol–water partition coefficient (Wildman–Crippen LogP) is 8.75. The van der Waals surface area contributed by atoms with E-state index in [9.17, 15) is 4.79 Å². The van der Waals surface area contributed by atoms with Crippen LogP contribution in [0.4, 0.5) is 4.39 Å². The van der Waals surface area contributed by atoms with Gasteiger partial charge in [0.25, 0.3) is 5.91 Å². The highest BCUT2D eigenvalue weighted by Crippen LogP contribution is 2.37. The van der Waals surface area contributed by atoms with E-state index in [1.165, 1.54) is 11.6 Å². The lowest BCUT2D eigenvalue weighted by atomic mass is 9.80. The first-order valence-electron chi connectivity index (χ1n) is 18.6. The van der Waals surface area contributed by atoms with Crippen molar-refractivity contribution < 1.29 is 18.7 Å². The lowest BCUT2D eigenvalue weighted by molar-refractivity contribution is -0.0371. The Morgan fingerprint density at radius 1 is 0.906 bits per heavy atom. The normalized spacial score (nSPS) is 17.4. The lowest BCUT2D eigenvalue weighted by Gasteiger charge is -2.43. The number of fused-ring (bicyclic) bond motifs is 1. The minimum atomic E-state index is -0.597. The topological polar surface area (TPSA) is 81.5 Å². The number of amides is 1. The van der Waals surface area contributed by atoms with Gasteiger partial charge in [-0.25, -0.2) is 14.1 Å². The first-order valence-corrected chi connectivity index (χ1v) is 18.6. The van der Waals surface area contributed by atoms with Crippen LogP contribution in [0.5, 0.6) is 5.75 Å². The molecule has 0 aliphatic carbocycles. The minimum Gasteiger partial charge on any atom is -0.489 e. The quantitative estimate of drug-likeness (QED) is 0.153. The van der Waals surface area contributed by atoms with Crippen molar-refractivity contribution in [3.63, 3.8) is 0 Å². The number of hydrogen-bond donors (Lipinski definition) is 1. The summed E-state index contributed by atoms with van der Waals surface area (Å²) in [4.78, 5) is 22.3. The Hall–Kier alpha value is -5.38. The number of likely N-dealkylation sites (tertiary alicyclic amines) is 1. The molecule has 1 atom stereocenters. The van der Waals surface area contributed by atoms with Gasteiger partial charge in [-0.3, -0.25) is 9.69 Å². The van der Waals surface area contributed by atoms with E-state index in [4.69, 9.17) is 19.6 Å². The van der Waals surface area contributed by atoms with Crippen molar-refractivity contribution in [2.24, 2.45) is 0 Å². The molecule has 4 heterocycles. The minimum absolute atomic E-state index is 0.241. The Balaban J connectivity index is 1.15. The van der Waals surface area contributed by atoms with Gasteiger partial charge in [0, 0.05) is 37.9 Å². The van der Waals surface area contributed by atoms with Crippen molar-refractivity contribution in [2.75, 3.05) is 19.7 Å². The summed E-state index contributed by atoms with van der Waals surface area (Å²) < 4.78 is 29.9. The molecule has 1 unspecified atom stereocenters. The predicted molar refractivity (Wildman–Crippen MR) is 204 cm³/mol. The molecule has 0 bridgehead atoms. The van der Waals surface area contributed by atoms with Gasteiger partial charge in [0.05, 0.1) is 27.9 Å². The fraction of sp³-hybridized carbons (Fsp3) is 0.295. The number of piperidine rings is 1. The molecule has 1 N–H and O–H groups in total. The first kappa shape index (κ1) is 34.7. The van der Waals surface area contributed by atoms with Gasteiger partial charge in [0.1, 0.15) is 18.2 Å². The summed E-state index contributed by atoms with van der Waals surface area (Å²) in [6.07, 6.45) is 3.92. The second kappa shape index (κ2) is 15.3. The van der Waals surface area contributed by atoms with Crippen LogP contribution in [0.15, 0.2) is 115 Å². The molecule has 0 saturated carbocycles. The molecule has 0 radical (unpaired) electrons. The fourth-order valence-electron chi connectivity index (χ4n) is 7.74. The zero-order valence-corrected chi connectivity index (χ0v) is 30.0. The average molecular weight is 710 g/mol. The van der Waals surface area contributed by atoms with Crippen LogP contribution in [0.3, 0.4) is 0 Å². The molecule has 4 aromatic carbocycles. The maximum atomic E-state index is 16.0. The monoisotopic (exact) mass is 709 g/mol. The third-order valence-electron chi connectivity index (χ3n) is 10.6. The molecule has 270 valence electrons. The van der Waals surface area contributed by atoms with Crippen molar-refractivity contribution in [1.82, 2.24) is 25.0 Å². The van der Waals surface area contributed by atoms with E-state index < -0.39 is 11.4 Å². The average Bonchev–Trinajstić information content (AvgIpc) is 3.55. The van der Waals surface area contributed by atoms with Gasteiger partial charge in [0.2, 0.25) is 0 Å². The molecule has 6 aromatic rings. The van der Waals surface area contributed by atoms with Crippen LogP contribution < -0.4 is 10.1 Å². The largest absolute Gasteiger partial charge is 0.489 e. The molecule has 2 aromatic heterocycles. The maximum Gasteiger partial charge on any atom is 0.252 e. The second-order valence-electron chi connectivity index (χ2n) is 14.2. The molecule has 2 aliphatic rings. The van der Waals surface area contributed by atoms with Crippen LogP contribution in [0.25, 0.3) is 22.3 Å². The number of benzene rings is 4. The van der Waals surface area contributed by atoms with Gasteiger partial charge in [0.15, 0.2) is 11.9 Å². The highest BCUT2D eigenvalue weighted by molar-refractivity contribution is 6.08. The number of nitrogens with zero attached hydrogens (tertiary/aromatic N) is 4. The van der Waals surface area contributed by atoms with E-state index in [1.807, 2.05) is 61.5 Å². The van der Waals surface area contributed by atoms with E-state index in [1.54, 1.807) is 22.9 Å². The standard InChI is InChI=1S/C44H44FN5O3/c1-31-41-37(43(51)47-44(34-17-9-4-10-18-34)22-24-49(25-23-44)29-32-13-5-2-6-14-32)28-39(46-42(41)50(48-31)40-19-11-12-26-52-40)36-21-20-35(27-38(36)45)53-30-33-15-7-3-8-16-33/h2-10,13-18,20-21,27-28,40H,11-12,19,22-26,29-30H2,1H3,(H,47,51). The summed E-state index contributed by atoms with van der Waals surface area (Å²) >= 11 is 0. The molecular formula is C44H44FN5O3. The number of carbonyl (C=O) groups is 1. The van der Waals surface area contributed by atoms with Gasteiger partial charge >= 0.3 is 0 Å². The highest BCUT2D eigenvalue weighted by Gasteiger charge is 2.38. The van der Waals surface area contributed by atoms with Crippen molar-refractivity contribution in [3.05, 3.63) is 149 Å². The number of carbonyl (C=O) groups excluding carboxylic acids is 1. The number of aromatic nitrogens is 3. The number of pyridine rings is 1. The summed E-state index contributed by atoms with van der Waals surface area (Å²) in [6, 6.07) is 37.0. The van der Waals surface area contributed by atoms with Crippen molar-refractivity contribution in [1.29, 1.82) is 0 Å². The molecule has 0 spiro atoms. The number of hydrogen-bond acceptors (Lipinski definition) is 6. The smallest absolute Gasteiger partial charge is 0.252 e. The molecule has 2 saturated heterocycles. The lowest BCUT2D eigenvalue weighted by Crippen LogP contribution is -2.53. The highest BCUT2D eigenvalue weighted by atomic mass is 19.1.